The number of rotatable bonds is 4. The maximum atomic E-state index is 4.88. The molecule has 1 aliphatic rings. The molecule has 6 rings (SSSR count). The first-order chi connectivity index (χ1) is 17.0. The Morgan fingerprint density at radius 3 is 2.11 bits per heavy atom. The third-order valence-electron chi connectivity index (χ3n) is 7.57. The van der Waals surface area contributed by atoms with Crippen molar-refractivity contribution >= 4 is 33.9 Å². The molecule has 170 valence electrons. The second kappa shape index (κ2) is 8.54. The van der Waals surface area contributed by atoms with E-state index in [1.54, 1.807) is 0 Å². The van der Waals surface area contributed by atoms with Crippen LogP contribution in [0.3, 0.4) is 0 Å². The van der Waals surface area contributed by atoms with E-state index in [0.29, 0.717) is 11.8 Å². The minimum atomic E-state index is 0.194. The first-order valence-corrected chi connectivity index (χ1v) is 12.7. The van der Waals surface area contributed by atoms with Gasteiger partial charge >= 0.3 is 0 Å². The van der Waals surface area contributed by atoms with E-state index in [9.17, 15) is 0 Å². The normalized spacial score (nSPS) is 12.5. The molecule has 0 N–H and O–H groups in total. The maximum Gasteiger partial charge on any atom is 0.245 e. The molecule has 0 aliphatic carbocycles. The molecule has 0 amide bonds. The number of aromatic nitrogens is 1. The lowest BCUT2D eigenvalue weighted by atomic mass is 9.36. The Labute approximate surface area is 209 Å². The minimum Gasteiger partial charge on any atom is -0.257 e. The van der Waals surface area contributed by atoms with Gasteiger partial charge in [-0.1, -0.05) is 124 Å². The molecule has 4 aromatic carbocycles. The third-order valence-corrected chi connectivity index (χ3v) is 7.57. The van der Waals surface area contributed by atoms with Gasteiger partial charge in [0.2, 0.25) is 6.71 Å². The maximum absolute atomic E-state index is 4.88. The molecule has 2 heterocycles. The molecular weight excluding hydrogens is 421 g/mol. The Balaban J connectivity index is 1.64. The van der Waals surface area contributed by atoms with Gasteiger partial charge in [-0.3, -0.25) is 4.98 Å². The van der Waals surface area contributed by atoms with Crippen LogP contribution < -0.4 is 16.4 Å². The van der Waals surface area contributed by atoms with Crippen molar-refractivity contribution in [2.75, 3.05) is 0 Å². The molecule has 0 bridgehead atoms. The zero-order valence-corrected chi connectivity index (χ0v) is 20.9. The summed E-state index contributed by atoms with van der Waals surface area (Å²) in [7, 11) is 0. The Morgan fingerprint density at radius 2 is 1.34 bits per heavy atom. The van der Waals surface area contributed by atoms with Crippen LogP contribution in [0.15, 0.2) is 97.2 Å². The van der Waals surface area contributed by atoms with Crippen LogP contribution in [0.4, 0.5) is 0 Å². The van der Waals surface area contributed by atoms with Crippen LogP contribution in [0.5, 0.6) is 0 Å². The largest absolute Gasteiger partial charge is 0.257 e. The van der Waals surface area contributed by atoms with E-state index in [2.05, 4.69) is 119 Å². The highest BCUT2D eigenvalue weighted by Crippen LogP contribution is 2.32. The van der Waals surface area contributed by atoms with Gasteiger partial charge in [0.25, 0.3) is 0 Å². The van der Waals surface area contributed by atoms with E-state index < -0.39 is 0 Å². The Hall–Kier alpha value is -3.65. The lowest BCUT2D eigenvalue weighted by Crippen LogP contribution is -2.52. The zero-order chi connectivity index (χ0) is 24.1. The zero-order valence-electron chi connectivity index (χ0n) is 20.9. The summed E-state index contributed by atoms with van der Waals surface area (Å²) in [6.45, 7) is 9.45. The molecule has 0 saturated carbocycles. The minimum absolute atomic E-state index is 0.194. The fraction of sp³-hybridized carbons (Fsp3) is 0.182. The van der Waals surface area contributed by atoms with Crippen molar-refractivity contribution < 1.29 is 0 Å². The van der Waals surface area contributed by atoms with Gasteiger partial charge in [0.15, 0.2) is 0 Å². The quantitative estimate of drug-likeness (QED) is 0.274. The molecule has 0 saturated heterocycles. The van der Waals surface area contributed by atoms with Crippen molar-refractivity contribution in [3.05, 3.63) is 108 Å². The van der Waals surface area contributed by atoms with Gasteiger partial charge in [0.1, 0.15) is 0 Å². The van der Waals surface area contributed by atoms with E-state index >= 15 is 0 Å². The summed E-state index contributed by atoms with van der Waals surface area (Å²) in [5.41, 5.74) is 12.0. The summed E-state index contributed by atoms with van der Waals surface area (Å²) in [6, 6.07) is 33.6. The molecule has 0 fully saturated rings. The highest BCUT2D eigenvalue weighted by molar-refractivity contribution is 6.99. The molecular formula is C33H30BN. The second-order valence-corrected chi connectivity index (χ2v) is 10.4. The summed E-state index contributed by atoms with van der Waals surface area (Å²) in [5, 5.41) is 2.57. The summed E-state index contributed by atoms with van der Waals surface area (Å²) in [6.07, 6.45) is 1.93. The van der Waals surface area contributed by atoms with Crippen molar-refractivity contribution in [1.82, 2.24) is 4.98 Å². The van der Waals surface area contributed by atoms with Crippen LogP contribution in [0.25, 0.3) is 33.2 Å². The number of benzene rings is 4. The third kappa shape index (κ3) is 3.51. The average molecular weight is 451 g/mol. The molecule has 1 nitrogen and oxygen atoms in total. The van der Waals surface area contributed by atoms with Crippen molar-refractivity contribution in [2.45, 2.75) is 39.5 Å². The highest BCUT2D eigenvalue weighted by atomic mass is 14.7. The Morgan fingerprint density at radius 1 is 0.629 bits per heavy atom. The lowest BCUT2D eigenvalue weighted by Gasteiger charge is -2.24. The standard InChI is InChI=1S/C33H30BN/c1-21(2)25-13-8-14-26(22(3)4)32(25)34-30-16-9-19-35-33(30)29-18-17-24(20-31(29)34)28-15-7-11-23-10-5-6-12-27(23)28/h5-22H,1-4H3. The van der Waals surface area contributed by atoms with Gasteiger partial charge in [-0.05, 0) is 62.0 Å². The first kappa shape index (κ1) is 21.9. The number of pyridine rings is 1. The van der Waals surface area contributed by atoms with Crippen LogP contribution in [0.1, 0.15) is 50.7 Å². The van der Waals surface area contributed by atoms with E-state index in [4.69, 9.17) is 4.98 Å². The molecule has 0 atom stereocenters. The van der Waals surface area contributed by atoms with Gasteiger partial charge in [0.05, 0.1) is 5.69 Å². The first-order valence-electron chi connectivity index (χ1n) is 12.7. The van der Waals surface area contributed by atoms with Crippen LogP contribution >= 0.6 is 0 Å². The fourth-order valence-electron chi connectivity index (χ4n) is 5.96. The smallest absolute Gasteiger partial charge is 0.245 e. The Kier molecular flexibility index (Phi) is 5.33. The van der Waals surface area contributed by atoms with E-state index in [1.165, 1.54) is 55.0 Å². The summed E-state index contributed by atoms with van der Waals surface area (Å²) in [4.78, 5) is 4.88. The molecule has 5 aromatic rings. The van der Waals surface area contributed by atoms with Gasteiger partial charge in [-0.15, -0.1) is 0 Å². The molecule has 1 aromatic heterocycles. The number of nitrogens with zero attached hydrogens (tertiary/aromatic N) is 1. The van der Waals surface area contributed by atoms with Crippen molar-refractivity contribution in [2.24, 2.45) is 0 Å². The van der Waals surface area contributed by atoms with Crippen molar-refractivity contribution in [3.8, 4) is 22.4 Å². The summed E-state index contributed by atoms with van der Waals surface area (Å²) in [5.74, 6) is 0.906. The van der Waals surface area contributed by atoms with E-state index in [0.717, 1.165) is 5.69 Å². The molecule has 2 heteroatoms. The molecule has 0 unspecified atom stereocenters. The average Bonchev–Trinajstić information content (AvgIpc) is 3.21. The van der Waals surface area contributed by atoms with Gasteiger partial charge < -0.3 is 0 Å². The van der Waals surface area contributed by atoms with Crippen molar-refractivity contribution in [1.29, 1.82) is 0 Å². The summed E-state index contributed by atoms with van der Waals surface area (Å²) >= 11 is 0. The second-order valence-electron chi connectivity index (χ2n) is 10.4. The topological polar surface area (TPSA) is 12.9 Å². The molecule has 35 heavy (non-hydrogen) atoms. The van der Waals surface area contributed by atoms with Crippen LogP contribution in [0.2, 0.25) is 0 Å². The molecule has 1 aliphatic heterocycles. The monoisotopic (exact) mass is 451 g/mol. The number of hydrogen-bond donors (Lipinski definition) is 0. The SMILES string of the molecule is CC(C)c1cccc(C(C)C)c1B1c2cc(-c3cccc4ccccc34)ccc2-c2ncccc21. The Bertz CT molecular complexity index is 1530. The fourth-order valence-corrected chi connectivity index (χ4v) is 5.96. The molecule has 0 spiro atoms. The van der Waals surface area contributed by atoms with E-state index in [1.807, 2.05) is 6.20 Å². The molecule has 0 radical (unpaired) electrons. The predicted molar refractivity (Wildman–Crippen MR) is 152 cm³/mol. The number of hydrogen-bond acceptors (Lipinski definition) is 1. The van der Waals surface area contributed by atoms with Crippen LogP contribution in [-0.2, 0) is 0 Å². The van der Waals surface area contributed by atoms with Gasteiger partial charge in [0, 0.05) is 6.20 Å². The van der Waals surface area contributed by atoms with Gasteiger partial charge in [-0.25, -0.2) is 0 Å². The lowest BCUT2D eigenvalue weighted by molar-refractivity contribution is 0.845. The van der Waals surface area contributed by atoms with E-state index in [-0.39, 0.29) is 6.71 Å². The van der Waals surface area contributed by atoms with Crippen LogP contribution in [0, 0.1) is 0 Å². The van der Waals surface area contributed by atoms with Crippen molar-refractivity contribution in [3.63, 3.8) is 0 Å². The number of fused-ring (bicyclic) bond motifs is 4. The highest BCUT2D eigenvalue weighted by Gasteiger charge is 2.37. The summed E-state index contributed by atoms with van der Waals surface area (Å²) < 4.78 is 0. The van der Waals surface area contributed by atoms with Gasteiger partial charge in [-0.2, -0.15) is 0 Å². The predicted octanol–water partition coefficient (Wildman–Crippen LogP) is 6.65. The van der Waals surface area contributed by atoms with Crippen LogP contribution in [-0.4, -0.2) is 11.7 Å².